The number of aryl methyl sites for hydroxylation is 2. The molecule has 4 heteroatoms. The van der Waals surface area contributed by atoms with Crippen LogP contribution in [0.5, 0.6) is 5.75 Å². The highest BCUT2D eigenvalue weighted by Crippen LogP contribution is 2.31. The third kappa shape index (κ3) is 3.81. The second-order valence-corrected chi connectivity index (χ2v) is 5.12. The van der Waals surface area contributed by atoms with E-state index in [4.69, 9.17) is 11.2 Å². The molecule has 0 saturated carbocycles. The van der Waals surface area contributed by atoms with Gasteiger partial charge < -0.3 is 9.64 Å². The highest BCUT2D eigenvalue weighted by Gasteiger charge is 2.14. The number of hydrogen-bond donors (Lipinski definition) is 0. The van der Waals surface area contributed by atoms with E-state index in [1.807, 2.05) is 20.8 Å². The zero-order chi connectivity index (χ0) is 17.7. The van der Waals surface area contributed by atoms with Gasteiger partial charge in [0.05, 0.1) is 5.56 Å². The highest BCUT2D eigenvalue weighted by molar-refractivity contribution is 5.95. The summed E-state index contributed by atoms with van der Waals surface area (Å²) in [5.41, 5.74) is 1.75. The summed E-state index contributed by atoms with van der Waals surface area (Å²) in [6.45, 7) is 7.61. The third-order valence-corrected chi connectivity index (χ3v) is 3.28. The van der Waals surface area contributed by atoms with Gasteiger partial charge in [-0.2, -0.15) is 0 Å². The van der Waals surface area contributed by atoms with Crippen LogP contribution < -0.4 is 4.74 Å². The molecule has 0 spiro atoms. The van der Waals surface area contributed by atoms with Crippen LogP contribution in [-0.2, 0) is 0 Å². The van der Waals surface area contributed by atoms with Gasteiger partial charge in [-0.25, -0.2) is 9.18 Å². The van der Waals surface area contributed by atoms with E-state index in [2.05, 4.69) is 5.92 Å². The Morgan fingerprint density at radius 3 is 2.30 bits per heavy atom. The Hall–Kier alpha value is -2.54. The van der Waals surface area contributed by atoms with E-state index in [0.717, 1.165) is 16.5 Å². The first-order chi connectivity index (χ1) is 10.8. The predicted octanol–water partition coefficient (Wildman–Crippen LogP) is 4.66. The average molecular weight is 315 g/mol. The molecule has 0 saturated heterocycles. The number of benzene rings is 2. The summed E-state index contributed by atoms with van der Waals surface area (Å²) in [4.78, 5) is 13.0. The lowest BCUT2D eigenvalue weighted by Crippen LogP contribution is -2.25. The van der Waals surface area contributed by atoms with Crippen molar-refractivity contribution in [3.63, 3.8) is 0 Å². The number of hydrogen-bond acceptors (Lipinski definition) is 2. The molecular weight excluding hydrogens is 293 g/mol. The Morgan fingerprint density at radius 1 is 1.17 bits per heavy atom. The van der Waals surface area contributed by atoms with Crippen LogP contribution in [0.25, 0.3) is 10.8 Å². The van der Waals surface area contributed by atoms with Crippen molar-refractivity contribution in [1.82, 2.24) is 4.90 Å². The lowest BCUT2D eigenvalue weighted by molar-refractivity contribution is 0.172. The number of carbonyl (C=O) groups excluding carboxylic acids is 1. The fourth-order valence-electron chi connectivity index (χ4n) is 2.25. The van der Waals surface area contributed by atoms with Crippen molar-refractivity contribution in [1.29, 1.82) is 0 Å². The number of carbonyl (C=O) groups is 1. The van der Waals surface area contributed by atoms with Crippen molar-refractivity contribution in [2.75, 3.05) is 14.1 Å². The lowest BCUT2D eigenvalue weighted by Gasteiger charge is -2.14. The molecule has 0 bridgehead atoms. The topological polar surface area (TPSA) is 29.5 Å². The minimum Gasteiger partial charge on any atom is -0.410 e. The van der Waals surface area contributed by atoms with Gasteiger partial charge in [-0.15, -0.1) is 6.42 Å². The van der Waals surface area contributed by atoms with E-state index < -0.39 is 11.9 Å². The molecule has 0 N–H and O–H groups in total. The fourth-order valence-corrected chi connectivity index (χ4v) is 2.25. The summed E-state index contributed by atoms with van der Waals surface area (Å²) in [6, 6.07) is 4.79. The Morgan fingerprint density at radius 2 is 1.78 bits per heavy atom. The number of nitrogens with zero attached hydrogens (tertiary/aromatic N) is 1. The molecule has 0 unspecified atom stereocenters. The lowest BCUT2D eigenvalue weighted by atomic mass is 9.96. The molecule has 0 fully saturated rings. The van der Waals surface area contributed by atoms with Crippen LogP contribution in [0.2, 0.25) is 0 Å². The first-order valence-corrected chi connectivity index (χ1v) is 7.44. The summed E-state index contributed by atoms with van der Waals surface area (Å²) in [5, 5.41) is 1.46. The van der Waals surface area contributed by atoms with Crippen LogP contribution in [0.3, 0.4) is 0 Å². The maximum Gasteiger partial charge on any atom is 0.414 e. The van der Waals surface area contributed by atoms with Gasteiger partial charge in [0, 0.05) is 19.5 Å². The standard InChI is InChI=1S/C17H16FNO2.C2H6/c1-6-13-15(18)8-10(2)14-9-12(7-11(3)16(13)14)21-17(20)19(4)5;1-2/h1,7-9H,2-5H3;1-2H3. The van der Waals surface area contributed by atoms with Crippen molar-refractivity contribution in [3.05, 3.63) is 40.7 Å². The van der Waals surface area contributed by atoms with Crippen molar-refractivity contribution in [2.24, 2.45) is 0 Å². The van der Waals surface area contributed by atoms with Crippen molar-refractivity contribution < 1.29 is 13.9 Å². The third-order valence-electron chi connectivity index (χ3n) is 3.28. The average Bonchev–Trinajstić information content (AvgIpc) is 2.50. The van der Waals surface area contributed by atoms with Crippen LogP contribution >= 0.6 is 0 Å². The summed E-state index contributed by atoms with van der Waals surface area (Å²) >= 11 is 0. The number of terminal acetylenes is 1. The maximum absolute atomic E-state index is 13.9. The molecular formula is C19H22FNO2. The summed E-state index contributed by atoms with van der Waals surface area (Å²) in [5.74, 6) is 2.39. The molecule has 0 heterocycles. The molecule has 122 valence electrons. The van der Waals surface area contributed by atoms with Crippen LogP contribution in [0.15, 0.2) is 18.2 Å². The molecule has 0 aromatic heterocycles. The highest BCUT2D eigenvalue weighted by atomic mass is 19.1. The van der Waals surface area contributed by atoms with Gasteiger partial charge in [-0.3, -0.25) is 0 Å². The molecule has 0 aliphatic rings. The number of fused-ring (bicyclic) bond motifs is 1. The van der Waals surface area contributed by atoms with Crippen molar-refractivity contribution in [2.45, 2.75) is 27.7 Å². The minimum atomic E-state index is -0.467. The summed E-state index contributed by atoms with van der Waals surface area (Å²) in [6.07, 6.45) is 4.95. The largest absolute Gasteiger partial charge is 0.414 e. The second kappa shape index (κ2) is 7.64. The van der Waals surface area contributed by atoms with Gasteiger partial charge in [0.15, 0.2) is 0 Å². The molecule has 23 heavy (non-hydrogen) atoms. The van der Waals surface area contributed by atoms with Gasteiger partial charge in [-0.05, 0) is 48.6 Å². The number of amides is 1. The first-order valence-electron chi connectivity index (χ1n) is 7.44. The SMILES string of the molecule is C#Cc1c(F)cc(C)c2cc(OC(=O)N(C)C)cc(C)c12.CC. The first kappa shape index (κ1) is 18.5. The second-order valence-electron chi connectivity index (χ2n) is 5.12. The molecule has 1 amide bonds. The number of rotatable bonds is 1. The molecule has 0 aliphatic carbocycles. The van der Waals surface area contributed by atoms with E-state index in [1.54, 1.807) is 33.2 Å². The van der Waals surface area contributed by atoms with E-state index in [0.29, 0.717) is 11.1 Å². The van der Waals surface area contributed by atoms with Crippen LogP contribution in [0, 0.1) is 32.0 Å². The van der Waals surface area contributed by atoms with Gasteiger partial charge in [0.2, 0.25) is 0 Å². The summed E-state index contributed by atoms with van der Waals surface area (Å²) < 4.78 is 19.2. The van der Waals surface area contributed by atoms with E-state index in [9.17, 15) is 9.18 Å². The molecule has 2 aromatic carbocycles. The maximum atomic E-state index is 13.9. The Bertz CT molecular complexity index is 773. The monoisotopic (exact) mass is 315 g/mol. The quantitative estimate of drug-likeness (QED) is 0.716. The van der Waals surface area contributed by atoms with E-state index in [-0.39, 0.29) is 5.56 Å². The zero-order valence-corrected chi connectivity index (χ0v) is 14.5. The summed E-state index contributed by atoms with van der Waals surface area (Å²) in [7, 11) is 3.21. The molecule has 2 aromatic rings. The molecule has 3 nitrogen and oxygen atoms in total. The van der Waals surface area contributed by atoms with Crippen molar-refractivity contribution >= 4 is 16.9 Å². The van der Waals surface area contributed by atoms with Gasteiger partial charge in [-0.1, -0.05) is 19.8 Å². The van der Waals surface area contributed by atoms with Gasteiger partial charge >= 0.3 is 6.09 Å². The van der Waals surface area contributed by atoms with Gasteiger partial charge in [0.25, 0.3) is 0 Å². The minimum absolute atomic E-state index is 0.235. The van der Waals surface area contributed by atoms with Crippen LogP contribution in [0.4, 0.5) is 9.18 Å². The molecule has 2 rings (SSSR count). The smallest absolute Gasteiger partial charge is 0.410 e. The molecule has 0 atom stereocenters. The zero-order valence-electron chi connectivity index (χ0n) is 14.5. The van der Waals surface area contributed by atoms with E-state index in [1.165, 1.54) is 11.0 Å². The van der Waals surface area contributed by atoms with Gasteiger partial charge in [0.1, 0.15) is 11.6 Å². The molecule has 0 aliphatic heterocycles. The van der Waals surface area contributed by atoms with Crippen LogP contribution in [0.1, 0.15) is 30.5 Å². The predicted molar refractivity (Wildman–Crippen MR) is 92.4 cm³/mol. The van der Waals surface area contributed by atoms with Crippen LogP contribution in [-0.4, -0.2) is 25.1 Å². The molecule has 0 radical (unpaired) electrons. The number of ether oxygens (including phenoxy) is 1. The van der Waals surface area contributed by atoms with E-state index >= 15 is 0 Å². The Labute approximate surface area is 137 Å². The fraction of sp³-hybridized carbons (Fsp3) is 0.316. The van der Waals surface area contributed by atoms with Crippen molar-refractivity contribution in [3.8, 4) is 18.1 Å². The number of halogens is 1. The Balaban J connectivity index is 0.00000127. The normalized spacial score (nSPS) is 9.65. The Kier molecular flexibility index (Phi) is 6.15.